The molecule has 14 heavy (non-hydrogen) atoms. The third-order valence-electron chi connectivity index (χ3n) is 2.06. The lowest BCUT2D eigenvalue weighted by Crippen LogP contribution is -2.49. The van der Waals surface area contributed by atoms with Crippen molar-refractivity contribution >= 4 is 0 Å². The van der Waals surface area contributed by atoms with Crippen LogP contribution in [-0.2, 0) is 0 Å². The lowest BCUT2D eigenvalue weighted by molar-refractivity contribution is 0.125. The molecule has 1 rings (SSSR count). The number of hydrogen-bond donors (Lipinski definition) is 2. The Morgan fingerprint density at radius 1 is 1.64 bits per heavy atom. The minimum Gasteiger partial charge on any atom is -0.363 e. The van der Waals surface area contributed by atoms with Gasteiger partial charge in [-0.1, -0.05) is 0 Å². The summed E-state index contributed by atoms with van der Waals surface area (Å²) in [6.45, 7) is 3.74. The first-order valence-electron chi connectivity index (χ1n) is 4.85. The maximum Gasteiger partial charge on any atom is 0.132 e. The number of nitrogens with zero attached hydrogens (tertiary/aromatic N) is 3. The zero-order chi connectivity index (χ0) is 10.7. The molecule has 0 aromatic rings. The molecule has 0 radical (unpaired) electrons. The minimum absolute atomic E-state index is 0.181. The number of likely N-dealkylation sites (N-methyl/N-ethyl adjacent to an activating group) is 1. The van der Waals surface area contributed by atoms with E-state index in [1.165, 1.54) is 0 Å². The first-order chi connectivity index (χ1) is 6.49. The van der Waals surface area contributed by atoms with Crippen molar-refractivity contribution in [2.45, 2.75) is 13.0 Å². The Morgan fingerprint density at radius 2 is 2.29 bits per heavy atom. The fourth-order valence-electron chi connectivity index (χ4n) is 1.56. The Bertz CT molecular complexity index is 213. The van der Waals surface area contributed by atoms with Gasteiger partial charge in [0, 0.05) is 39.9 Å². The minimum atomic E-state index is 0.181. The second-order valence-electron chi connectivity index (χ2n) is 4.08. The van der Waals surface area contributed by atoms with E-state index in [1.807, 2.05) is 26.0 Å². The van der Waals surface area contributed by atoms with Gasteiger partial charge in [-0.3, -0.25) is 0 Å². The summed E-state index contributed by atoms with van der Waals surface area (Å²) >= 11 is 0. The summed E-state index contributed by atoms with van der Waals surface area (Å²) in [5, 5.41) is 2.03. The highest BCUT2D eigenvalue weighted by Crippen LogP contribution is 2.05. The van der Waals surface area contributed by atoms with E-state index in [-0.39, 0.29) is 6.04 Å². The molecule has 0 spiro atoms. The Labute approximate surface area is 86.1 Å². The van der Waals surface area contributed by atoms with Crippen molar-refractivity contribution in [3.8, 4) is 0 Å². The van der Waals surface area contributed by atoms with E-state index in [1.54, 1.807) is 0 Å². The van der Waals surface area contributed by atoms with Crippen LogP contribution in [0.3, 0.4) is 0 Å². The Kier molecular flexibility index (Phi) is 3.60. The van der Waals surface area contributed by atoms with Crippen LogP contribution in [0.2, 0.25) is 0 Å². The molecular weight excluding hydrogens is 178 g/mol. The fraction of sp³-hybridized carbons (Fsp3) is 0.778. The Balaban J connectivity index is 2.57. The second-order valence-corrected chi connectivity index (χ2v) is 4.08. The number of rotatable bonds is 3. The number of hydrogen-bond acceptors (Lipinski definition) is 5. The van der Waals surface area contributed by atoms with Crippen LogP contribution in [0.5, 0.6) is 0 Å². The predicted molar refractivity (Wildman–Crippen MR) is 57.9 cm³/mol. The maximum absolute atomic E-state index is 5.75. The van der Waals surface area contributed by atoms with E-state index < -0.39 is 0 Å². The Morgan fingerprint density at radius 3 is 2.79 bits per heavy atom. The van der Waals surface area contributed by atoms with Crippen LogP contribution >= 0.6 is 0 Å². The smallest absolute Gasteiger partial charge is 0.132 e. The van der Waals surface area contributed by atoms with Gasteiger partial charge >= 0.3 is 0 Å². The van der Waals surface area contributed by atoms with Crippen LogP contribution in [0, 0.1) is 0 Å². The fourth-order valence-corrected chi connectivity index (χ4v) is 1.56. The summed E-state index contributed by atoms with van der Waals surface area (Å²) in [5.74, 6) is 1.08. The van der Waals surface area contributed by atoms with E-state index in [4.69, 9.17) is 5.73 Å². The number of hydrazine groups is 1. The molecule has 0 saturated carbocycles. The molecule has 1 aliphatic heterocycles. The topological polar surface area (TPSA) is 47.8 Å². The van der Waals surface area contributed by atoms with Crippen molar-refractivity contribution in [1.82, 2.24) is 20.2 Å². The summed E-state index contributed by atoms with van der Waals surface area (Å²) in [7, 11) is 6.11. The SMILES string of the molecule is CC(N)CN(C)C1=CN(C)CN(C)N1. The molecule has 1 atom stereocenters. The van der Waals surface area contributed by atoms with E-state index >= 15 is 0 Å². The van der Waals surface area contributed by atoms with Crippen LogP contribution in [0.15, 0.2) is 12.0 Å². The molecule has 0 bridgehead atoms. The third-order valence-corrected chi connectivity index (χ3v) is 2.06. The Hall–Kier alpha value is -0.940. The van der Waals surface area contributed by atoms with Gasteiger partial charge in [0.25, 0.3) is 0 Å². The van der Waals surface area contributed by atoms with E-state index in [9.17, 15) is 0 Å². The summed E-state index contributed by atoms with van der Waals surface area (Å²) < 4.78 is 0. The summed E-state index contributed by atoms with van der Waals surface area (Å²) in [6.07, 6.45) is 2.09. The summed E-state index contributed by atoms with van der Waals surface area (Å²) in [4.78, 5) is 4.25. The molecule has 0 saturated heterocycles. The molecule has 1 heterocycles. The first kappa shape index (κ1) is 11.1. The normalized spacial score (nSPS) is 20.1. The van der Waals surface area contributed by atoms with Crippen molar-refractivity contribution in [1.29, 1.82) is 0 Å². The highest BCUT2D eigenvalue weighted by molar-refractivity contribution is 4.99. The lowest BCUT2D eigenvalue weighted by Gasteiger charge is -2.36. The van der Waals surface area contributed by atoms with Crippen molar-refractivity contribution in [3.63, 3.8) is 0 Å². The van der Waals surface area contributed by atoms with Gasteiger partial charge in [-0.2, -0.15) is 0 Å². The van der Waals surface area contributed by atoms with Crippen molar-refractivity contribution in [3.05, 3.63) is 12.0 Å². The molecule has 0 aliphatic carbocycles. The molecule has 82 valence electrons. The zero-order valence-electron chi connectivity index (χ0n) is 9.49. The van der Waals surface area contributed by atoms with E-state index in [0.717, 1.165) is 19.0 Å². The second kappa shape index (κ2) is 4.52. The average Bonchev–Trinajstić information content (AvgIpc) is 2.00. The van der Waals surface area contributed by atoms with Crippen molar-refractivity contribution in [2.75, 3.05) is 34.4 Å². The van der Waals surface area contributed by atoms with Crippen LogP contribution in [0.1, 0.15) is 6.92 Å². The standard InChI is InChI=1S/C9H21N5/c1-8(10)5-13(3)9-6-12(2)7-14(4)11-9/h6,8,11H,5,7,10H2,1-4H3. The van der Waals surface area contributed by atoms with Gasteiger partial charge in [0.1, 0.15) is 5.82 Å². The molecule has 5 nitrogen and oxygen atoms in total. The maximum atomic E-state index is 5.75. The van der Waals surface area contributed by atoms with Crippen LogP contribution in [0.25, 0.3) is 0 Å². The third kappa shape index (κ3) is 3.08. The molecule has 1 aliphatic rings. The number of nitrogens with two attached hydrogens (primary N) is 1. The molecule has 0 aromatic heterocycles. The highest BCUT2D eigenvalue weighted by Gasteiger charge is 2.14. The quantitative estimate of drug-likeness (QED) is 0.636. The lowest BCUT2D eigenvalue weighted by atomic mass is 10.3. The summed E-state index contributed by atoms with van der Waals surface area (Å²) in [6, 6.07) is 0.181. The van der Waals surface area contributed by atoms with Gasteiger partial charge in [0.2, 0.25) is 0 Å². The van der Waals surface area contributed by atoms with Gasteiger partial charge < -0.3 is 21.0 Å². The molecule has 0 amide bonds. The summed E-state index contributed by atoms with van der Waals surface area (Å²) in [5.41, 5.74) is 9.02. The van der Waals surface area contributed by atoms with Gasteiger partial charge in [0.05, 0.1) is 6.67 Å². The molecule has 1 unspecified atom stereocenters. The molecule has 0 fully saturated rings. The molecule has 5 heteroatoms. The van der Waals surface area contributed by atoms with Gasteiger partial charge in [-0.05, 0) is 6.92 Å². The van der Waals surface area contributed by atoms with Crippen LogP contribution < -0.4 is 11.2 Å². The molecule has 0 aromatic carbocycles. The average molecular weight is 199 g/mol. The first-order valence-corrected chi connectivity index (χ1v) is 4.85. The van der Waals surface area contributed by atoms with Crippen LogP contribution in [0.4, 0.5) is 0 Å². The van der Waals surface area contributed by atoms with Crippen molar-refractivity contribution < 1.29 is 0 Å². The molecular formula is C9H21N5. The van der Waals surface area contributed by atoms with Crippen LogP contribution in [-0.4, -0.2) is 55.2 Å². The highest BCUT2D eigenvalue weighted by atomic mass is 15.6. The van der Waals surface area contributed by atoms with Gasteiger partial charge in [-0.25, -0.2) is 5.01 Å². The predicted octanol–water partition coefficient (Wildman–Crippen LogP) is -0.596. The van der Waals surface area contributed by atoms with Gasteiger partial charge in [-0.15, -0.1) is 0 Å². The van der Waals surface area contributed by atoms with E-state index in [0.29, 0.717) is 0 Å². The van der Waals surface area contributed by atoms with E-state index in [2.05, 4.69) is 28.5 Å². The number of nitrogens with one attached hydrogen (secondary N) is 1. The van der Waals surface area contributed by atoms with Gasteiger partial charge in [0.15, 0.2) is 0 Å². The largest absolute Gasteiger partial charge is 0.363 e. The monoisotopic (exact) mass is 199 g/mol. The zero-order valence-corrected chi connectivity index (χ0v) is 9.49. The molecule has 3 N–H and O–H groups in total. The van der Waals surface area contributed by atoms with Crippen molar-refractivity contribution in [2.24, 2.45) is 5.73 Å².